The maximum Gasteiger partial charge on any atom is 0.228 e. The Hall–Kier alpha value is -0.640. The van der Waals surface area contributed by atoms with Crippen molar-refractivity contribution in [3.05, 3.63) is 30.3 Å². The van der Waals surface area contributed by atoms with Gasteiger partial charge in [0.2, 0.25) is 9.70 Å². The van der Waals surface area contributed by atoms with E-state index in [1.165, 1.54) is 0 Å². The molecular weight excluding hydrogens is 307 g/mol. The first-order chi connectivity index (χ1) is 8.79. The SMILES string of the molecule is CC(C)CC(=O)N[C@H](Nc1ccccc1)C(Cl)(Cl)Cl. The first kappa shape index (κ1) is 16.4. The van der Waals surface area contributed by atoms with Crippen LogP contribution in [0.15, 0.2) is 30.3 Å². The minimum Gasteiger partial charge on any atom is -0.362 e. The first-order valence-corrected chi connectivity index (χ1v) is 7.10. The normalized spacial score (nSPS) is 13.2. The molecule has 1 rings (SSSR count). The average Bonchev–Trinajstić information content (AvgIpc) is 2.27. The molecule has 19 heavy (non-hydrogen) atoms. The Morgan fingerprint density at radius 1 is 1.21 bits per heavy atom. The van der Waals surface area contributed by atoms with Crippen molar-refractivity contribution >= 4 is 46.4 Å². The largest absolute Gasteiger partial charge is 0.362 e. The molecule has 1 amide bonds. The van der Waals surface area contributed by atoms with Crippen LogP contribution in [0.3, 0.4) is 0 Å². The summed E-state index contributed by atoms with van der Waals surface area (Å²) in [5.74, 6) is 0.0857. The van der Waals surface area contributed by atoms with Crippen LogP contribution in [0.5, 0.6) is 0 Å². The van der Waals surface area contributed by atoms with Crippen LogP contribution >= 0.6 is 34.8 Å². The van der Waals surface area contributed by atoms with Gasteiger partial charge in [0.15, 0.2) is 0 Å². The number of anilines is 1. The molecule has 1 aromatic carbocycles. The number of para-hydroxylation sites is 1. The fourth-order valence-corrected chi connectivity index (χ4v) is 1.82. The molecule has 0 saturated carbocycles. The van der Waals surface area contributed by atoms with Gasteiger partial charge in [-0.3, -0.25) is 4.79 Å². The number of hydrogen-bond donors (Lipinski definition) is 2. The van der Waals surface area contributed by atoms with Crippen LogP contribution in [0.25, 0.3) is 0 Å². The lowest BCUT2D eigenvalue weighted by molar-refractivity contribution is -0.122. The second-order valence-electron chi connectivity index (χ2n) is 4.65. The van der Waals surface area contributed by atoms with Gasteiger partial charge in [0.05, 0.1) is 0 Å². The molecule has 0 bridgehead atoms. The van der Waals surface area contributed by atoms with E-state index in [4.69, 9.17) is 34.8 Å². The molecule has 106 valence electrons. The summed E-state index contributed by atoms with van der Waals surface area (Å²) in [7, 11) is 0. The molecule has 2 N–H and O–H groups in total. The van der Waals surface area contributed by atoms with Crippen molar-refractivity contribution in [3.8, 4) is 0 Å². The number of carbonyl (C=O) groups excluding carboxylic acids is 1. The maximum absolute atomic E-state index is 11.8. The molecule has 0 aliphatic rings. The zero-order valence-corrected chi connectivity index (χ0v) is 13.1. The van der Waals surface area contributed by atoms with Gasteiger partial charge >= 0.3 is 0 Å². The fourth-order valence-electron chi connectivity index (χ4n) is 1.49. The molecule has 0 heterocycles. The van der Waals surface area contributed by atoms with Crippen molar-refractivity contribution in [2.75, 3.05) is 5.32 Å². The van der Waals surface area contributed by atoms with E-state index in [1.807, 2.05) is 44.2 Å². The van der Waals surface area contributed by atoms with Crippen molar-refractivity contribution in [2.24, 2.45) is 5.92 Å². The molecule has 0 radical (unpaired) electrons. The molecule has 0 aliphatic carbocycles. The van der Waals surface area contributed by atoms with Gasteiger partial charge in [-0.2, -0.15) is 0 Å². The van der Waals surface area contributed by atoms with E-state index >= 15 is 0 Å². The predicted molar refractivity (Wildman–Crippen MR) is 81.7 cm³/mol. The summed E-state index contributed by atoms with van der Waals surface area (Å²) in [4.78, 5) is 11.8. The lowest BCUT2D eigenvalue weighted by Crippen LogP contribution is -2.49. The second kappa shape index (κ2) is 7.22. The molecule has 0 fully saturated rings. The average molecular weight is 324 g/mol. The van der Waals surface area contributed by atoms with Crippen molar-refractivity contribution < 1.29 is 4.79 Å². The molecule has 0 unspecified atom stereocenters. The highest BCUT2D eigenvalue weighted by Gasteiger charge is 2.34. The Morgan fingerprint density at radius 3 is 2.26 bits per heavy atom. The third-order valence-electron chi connectivity index (χ3n) is 2.31. The number of rotatable bonds is 5. The van der Waals surface area contributed by atoms with Gasteiger partial charge in [-0.1, -0.05) is 66.8 Å². The number of carbonyl (C=O) groups is 1. The molecule has 0 aromatic heterocycles. The number of benzene rings is 1. The number of amides is 1. The van der Waals surface area contributed by atoms with Crippen LogP contribution in [-0.4, -0.2) is 15.9 Å². The highest BCUT2D eigenvalue weighted by molar-refractivity contribution is 6.68. The number of alkyl halides is 3. The van der Waals surface area contributed by atoms with E-state index in [9.17, 15) is 4.79 Å². The molecule has 1 aromatic rings. The Balaban J connectivity index is 2.71. The lowest BCUT2D eigenvalue weighted by atomic mass is 10.1. The van der Waals surface area contributed by atoms with Gasteiger partial charge in [0, 0.05) is 12.1 Å². The Bertz CT molecular complexity index is 404. The Morgan fingerprint density at radius 2 is 1.79 bits per heavy atom. The highest BCUT2D eigenvalue weighted by atomic mass is 35.6. The standard InChI is InChI=1S/C13H17Cl3N2O/c1-9(2)8-11(19)18-12(13(14,15)16)17-10-6-4-3-5-7-10/h3-7,9,12,17H,8H2,1-2H3,(H,18,19)/t12-/m0/s1. The molecule has 0 spiro atoms. The summed E-state index contributed by atoms with van der Waals surface area (Å²) in [6.07, 6.45) is -0.403. The number of halogens is 3. The van der Waals surface area contributed by atoms with Gasteiger partial charge < -0.3 is 10.6 Å². The number of hydrogen-bond acceptors (Lipinski definition) is 2. The van der Waals surface area contributed by atoms with E-state index in [-0.39, 0.29) is 11.8 Å². The van der Waals surface area contributed by atoms with Crippen molar-refractivity contribution in [3.63, 3.8) is 0 Å². The van der Waals surface area contributed by atoms with Crippen LogP contribution in [0.2, 0.25) is 0 Å². The van der Waals surface area contributed by atoms with E-state index in [0.717, 1.165) is 5.69 Å². The highest BCUT2D eigenvalue weighted by Crippen LogP contribution is 2.31. The summed E-state index contributed by atoms with van der Waals surface area (Å²) < 4.78 is -1.64. The third kappa shape index (κ3) is 6.37. The van der Waals surface area contributed by atoms with Crippen LogP contribution in [0, 0.1) is 5.92 Å². The van der Waals surface area contributed by atoms with E-state index in [0.29, 0.717) is 6.42 Å². The molecule has 0 aliphatic heterocycles. The van der Waals surface area contributed by atoms with Gasteiger partial charge in [-0.05, 0) is 18.1 Å². The van der Waals surface area contributed by atoms with Gasteiger partial charge in [-0.25, -0.2) is 0 Å². The lowest BCUT2D eigenvalue weighted by Gasteiger charge is -2.27. The minimum absolute atomic E-state index is 0.158. The van der Waals surface area contributed by atoms with E-state index in [2.05, 4.69) is 10.6 Å². The zero-order valence-electron chi connectivity index (χ0n) is 10.8. The minimum atomic E-state index is -1.64. The molecule has 6 heteroatoms. The zero-order chi connectivity index (χ0) is 14.5. The van der Waals surface area contributed by atoms with Gasteiger partial charge in [0.25, 0.3) is 0 Å². The van der Waals surface area contributed by atoms with Gasteiger partial charge in [0.1, 0.15) is 6.17 Å². The van der Waals surface area contributed by atoms with Crippen LogP contribution < -0.4 is 10.6 Å². The molecule has 1 atom stereocenters. The topological polar surface area (TPSA) is 41.1 Å². The fraction of sp³-hybridized carbons (Fsp3) is 0.462. The van der Waals surface area contributed by atoms with Crippen LogP contribution in [0.1, 0.15) is 20.3 Å². The molecular formula is C13H17Cl3N2O. The first-order valence-electron chi connectivity index (χ1n) is 5.96. The third-order valence-corrected chi connectivity index (χ3v) is 2.97. The van der Waals surface area contributed by atoms with E-state index < -0.39 is 9.96 Å². The van der Waals surface area contributed by atoms with Crippen molar-refractivity contribution in [2.45, 2.75) is 30.2 Å². The second-order valence-corrected chi connectivity index (χ2v) is 7.02. The van der Waals surface area contributed by atoms with Gasteiger partial charge in [-0.15, -0.1) is 0 Å². The summed E-state index contributed by atoms with van der Waals surface area (Å²) in [6.45, 7) is 3.91. The Kier molecular flexibility index (Phi) is 6.24. The molecule has 3 nitrogen and oxygen atoms in total. The molecule has 0 saturated heterocycles. The monoisotopic (exact) mass is 322 g/mol. The van der Waals surface area contributed by atoms with E-state index in [1.54, 1.807) is 0 Å². The van der Waals surface area contributed by atoms with Crippen LogP contribution in [0.4, 0.5) is 5.69 Å². The van der Waals surface area contributed by atoms with Crippen LogP contribution in [-0.2, 0) is 4.79 Å². The summed E-state index contributed by atoms with van der Waals surface area (Å²) in [6, 6.07) is 9.25. The predicted octanol–water partition coefficient (Wildman–Crippen LogP) is 3.96. The van der Waals surface area contributed by atoms with Crippen molar-refractivity contribution in [1.29, 1.82) is 0 Å². The summed E-state index contributed by atoms with van der Waals surface area (Å²) >= 11 is 17.7. The smallest absolute Gasteiger partial charge is 0.228 e. The summed E-state index contributed by atoms with van der Waals surface area (Å²) in [5.41, 5.74) is 0.767. The van der Waals surface area contributed by atoms with Crippen molar-refractivity contribution in [1.82, 2.24) is 5.32 Å². The number of nitrogens with one attached hydrogen (secondary N) is 2. The Labute approximate surface area is 128 Å². The maximum atomic E-state index is 11.8. The summed E-state index contributed by atoms with van der Waals surface area (Å²) in [5, 5.41) is 5.69. The quantitative estimate of drug-likeness (QED) is 0.636.